The average Bonchev–Trinajstić information content (AvgIpc) is 2.26. The van der Waals surface area contributed by atoms with E-state index >= 15 is 0 Å². The van der Waals surface area contributed by atoms with Gasteiger partial charge in [-0.2, -0.15) is 0 Å². The molecule has 0 aromatic heterocycles. The Morgan fingerprint density at radius 2 is 2.19 bits per heavy atom. The Balaban J connectivity index is 2.42. The van der Waals surface area contributed by atoms with Crippen LogP contribution in [0, 0.1) is 11.8 Å². The van der Waals surface area contributed by atoms with Crippen molar-refractivity contribution in [1.29, 1.82) is 0 Å². The number of amides is 1. The summed E-state index contributed by atoms with van der Waals surface area (Å²) in [5.74, 6) is 1.20. The number of hydrogen-bond donors (Lipinski definition) is 0. The number of carbonyl (C=O) groups excluding carboxylic acids is 2. The minimum absolute atomic E-state index is 0.0803. The van der Waals surface area contributed by atoms with E-state index in [0.29, 0.717) is 37.6 Å². The molecular formula is C13H23NO2. The van der Waals surface area contributed by atoms with Crippen LogP contribution in [0.25, 0.3) is 0 Å². The van der Waals surface area contributed by atoms with Crippen molar-refractivity contribution in [3.63, 3.8) is 0 Å². The second kappa shape index (κ2) is 6.02. The number of nitrogens with zero attached hydrogens (tertiary/aromatic N) is 1. The van der Waals surface area contributed by atoms with Gasteiger partial charge in [-0.1, -0.05) is 20.8 Å². The molecule has 3 heteroatoms. The highest BCUT2D eigenvalue weighted by Gasteiger charge is 2.28. The number of Topliss-reactive ketones (excluding diaryl/α,β-unsaturated/α-hetero) is 1. The maximum absolute atomic E-state index is 11.9. The smallest absolute Gasteiger partial charge is 0.222 e. The maximum Gasteiger partial charge on any atom is 0.222 e. The number of rotatable bonds is 4. The molecule has 0 aromatic carbocycles. The molecule has 1 heterocycles. The standard InChI is InChI=1S/C13H23NO2/c1-4-11-9-14(8-7-12(11)15)13(16)6-5-10(2)3/h10-11H,4-9H2,1-3H3. The quantitative estimate of drug-likeness (QED) is 0.736. The van der Waals surface area contributed by atoms with Gasteiger partial charge in [-0.05, 0) is 18.8 Å². The van der Waals surface area contributed by atoms with Crippen LogP contribution >= 0.6 is 0 Å². The molecule has 0 aromatic rings. The Kier molecular flexibility index (Phi) is 4.97. The first-order valence-electron chi connectivity index (χ1n) is 6.35. The molecule has 1 aliphatic heterocycles. The largest absolute Gasteiger partial charge is 0.342 e. The van der Waals surface area contributed by atoms with E-state index in [1.165, 1.54) is 0 Å². The number of ketones is 1. The van der Waals surface area contributed by atoms with Crippen LogP contribution in [0.5, 0.6) is 0 Å². The molecule has 3 nitrogen and oxygen atoms in total. The van der Waals surface area contributed by atoms with Gasteiger partial charge in [-0.3, -0.25) is 9.59 Å². The van der Waals surface area contributed by atoms with Gasteiger partial charge in [0.1, 0.15) is 5.78 Å². The van der Waals surface area contributed by atoms with Gasteiger partial charge in [0.2, 0.25) is 5.91 Å². The minimum atomic E-state index is 0.0803. The summed E-state index contributed by atoms with van der Waals surface area (Å²) in [6.07, 6.45) is 2.97. The van der Waals surface area contributed by atoms with Crippen LogP contribution in [0.1, 0.15) is 46.5 Å². The van der Waals surface area contributed by atoms with Gasteiger partial charge >= 0.3 is 0 Å². The van der Waals surface area contributed by atoms with Gasteiger partial charge in [0, 0.05) is 31.8 Å². The summed E-state index contributed by atoms with van der Waals surface area (Å²) in [5.41, 5.74) is 0. The number of likely N-dealkylation sites (tertiary alicyclic amines) is 1. The van der Waals surface area contributed by atoms with E-state index in [1.807, 2.05) is 11.8 Å². The minimum Gasteiger partial charge on any atom is -0.342 e. The van der Waals surface area contributed by atoms with Crippen molar-refractivity contribution in [1.82, 2.24) is 4.90 Å². The molecule has 92 valence electrons. The van der Waals surface area contributed by atoms with Crippen LogP contribution in [-0.4, -0.2) is 29.7 Å². The third-order valence-electron chi connectivity index (χ3n) is 3.31. The highest BCUT2D eigenvalue weighted by Crippen LogP contribution is 2.17. The zero-order valence-corrected chi connectivity index (χ0v) is 10.7. The molecule has 0 bridgehead atoms. The van der Waals surface area contributed by atoms with Crippen LogP contribution in [0.3, 0.4) is 0 Å². The first-order chi connectivity index (χ1) is 7.54. The first-order valence-corrected chi connectivity index (χ1v) is 6.35. The van der Waals surface area contributed by atoms with Gasteiger partial charge in [0.15, 0.2) is 0 Å². The van der Waals surface area contributed by atoms with Crippen molar-refractivity contribution in [2.24, 2.45) is 11.8 Å². The van der Waals surface area contributed by atoms with Crippen molar-refractivity contribution in [2.45, 2.75) is 46.5 Å². The van der Waals surface area contributed by atoms with E-state index in [4.69, 9.17) is 0 Å². The monoisotopic (exact) mass is 225 g/mol. The lowest BCUT2D eigenvalue weighted by Crippen LogP contribution is -2.43. The highest BCUT2D eigenvalue weighted by atomic mass is 16.2. The van der Waals surface area contributed by atoms with E-state index in [9.17, 15) is 9.59 Å². The van der Waals surface area contributed by atoms with Crippen molar-refractivity contribution in [2.75, 3.05) is 13.1 Å². The van der Waals surface area contributed by atoms with E-state index in [1.54, 1.807) is 0 Å². The third-order valence-corrected chi connectivity index (χ3v) is 3.31. The summed E-state index contributed by atoms with van der Waals surface area (Å²) in [6.45, 7) is 7.55. The molecule has 0 N–H and O–H groups in total. The van der Waals surface area contributed by atoms with E-state index < -0.39 is 0 Å². The lowest BCUT2D eigenvalue weighted by Gasteiger charge is -2.31. The summed E-state index contributed by atoms with van der Waals surface area (Å²) in [5, 5.41) is 0. The Hall–Kier alpha value is -0.860. The number of carbonyl (C=O) groups is 2. The number of hydrogen-bond acceptors (Lipinski definition) is 2. The van der Waals surface area contributed by atoms with Gasteiger partial charge < -0.3 is 4.90 Å². The van der Waals surface area contributed by atoms with Gasteiger partial charge in [-0.25, -0.2) is 0 Å². The van der Waals surface area contributed by atoms with Crippen LogP contribution in [-0.2, 0) is 9.59 Å². The fraction of sp³-hybridized carbons (Fsp3) is 0.846. The topological polar surface area (TPSA) is 37.4 Å². The van der Waals surface area contributed by atoms with E-state index in [0.717, 1.165) is 12.8 Å². The highest BCUT2D eigenvalue weighted by molar-refractivity contribution is 5.85. The van der Waals surface area contributed by atoms with E-state index in [2.05, 4.69) is 13.8 Å². The predicted molar refractivity (Wildman–Crippen MR) is 64.1 cm³/mol. The summed E-state index contributed by atoms with van der Waals surface area (Å²) in [6, 6.07) is 0. The molecule has 16 heavy (non-hydrogen) atoms. The van der Waals surface area contributed by atoms with Crippen LogP contribution in [0.15, 0.2) is 0 Å². The van der Waals surface area contributed by atoms with Gasteiger partial charge in [0.05, 0.1) is 0 Å². The Morgan fingerprint density at radius 3 is 2.75 bits per heavy atom. The normalized spacial score (nSPS) is 21.6. The van der Waals surface area contributed by atoms with E-state index in [-0.39, 0.29) is 11.8 Å². The van der Waals surface area contributed by atoms with Gasteiger partial charge in [0.25, 0.3) is 0 Å². The molecule has 1 amide bonds. The van der Waals surface area contributed by atoms with Crippen molar-refractivity contribution in [3.05, 3.63) is 0 Å². The van der Waals surface area contributed by atoms with Crippen LogP contribution < -0.4 is 0 Å². The SMILES string of the molecule is CCC1CN(C(=O)CCC(C)C)CCC1=O. The number of piperidine rings is 1. The molecule has 1 unspecified atom stereocenters. The lowest BCUT2D eigenvalue weighted by atomic mass is 9.93. The molecule has 0 radical (unpaired) electrons. The molecule has 1 rings (SSSR count). The average molecular weight is 225 g/mol. The first kappa shape index (κ1) is 13.2. The van der Waals surface area contributed by atoms with Crippen molar-refractivity contribution < 1.29 is 9.59 Å². The molecule has 0 spiro atoms. The second-order valence-corrected chi connectivity index (χ2v) is 5.09. The van der Waals surface area contributed by atoms with Crippen LogP contribution in [0.4, 0.5) is 0 Å². The third kappa shape index (κ3) is 3.62. The predicted octanol–water partition coefficient (Wildman–Crippen LogP) is 2.25. The molecule has 0 aliphatic carbocycles. The molecular weight excluding hydrogens is 202 g/mol. The fourth-order valence-corrected chi connectivity index (χ4v) is 2.06. The summed E-state index contributed by atoms with van der Waals surface area (Å²) in [7, 11) is 0. The summed E-state index contributed by atoms with van der Waals surface area (Å²) >= 11 is 0. The lowest BCUT2D eigenvalue weighted by molar-refractivity contribution is -0.137. The zero-order chi connectivity index (χ0) is 12.1. The Bertz CT molecular complexity index is 261. The Morgan fingerprint density at radius 1 is 1.50 bits per heavy atom. The van der Waals surface area contributed by atoms with Crippen LogP contribution in [0.2, 0.25) is 0 Å². The Labute approximate surface area is 98.2 Å². The summed E-state index contributed by atoms with van der Waals surface area (Å²) in [4.78, 5) is 25.3. The fourth-order valence-electron chi connectivity index (χ4n) is 2.06. The molecule has 1 aliphatic rings. The van der Waals surface area contributed by atoms with Crippen molar-refractivity contribution >= 4 is 11.7 Å². The molecule has 1 saturated heterocycles. The molecule has 1 fully saturated rings. The van der Waals surface area contributed by atoms with Crippen molar-refractivity contribution in [3.8, 4) is 0 Å². The maximum atomic E-state index is 11.9. The van der Waals surface area contributed by atoms with Gasteiger partial charge in [-0.15, -0.1) is 0 Å². The molecule has 1 atom stereocenters. The zero-order valence-electron chi connectivity index (χ0n) is 10.7. The molecule has 0 saturated carbocycles. The second-order valence-electron chi connectivity index (χ2n) is 5.09. The summed E-state index contributed by atoms with van der Waals surface area (Å²) < 4.78 is 0.